The third-order valence-corrected chi connectivity index (χ3v) is 4.09. The van der Waals surface area contributed by atoms with Crippen LogP contribution < -0.4 is 0 Å². The molecule has 0 unspecified atom stereocenters. The highest BCUT2D eigenvalue weighted by molar-refractivity contribution is 4.59. The van der Waals surface area contributed by atoms with E-state index in [4.69, 9.17) is 4.74 Å². The first-order chi connectivity index (χ1) is 9.35. The van der Waals surface area contributed by atoms with Crippen molar-refractivity contribution in [3.05, 3.63) is 0 Å². The van der Waals surface area contributed by atoms with Crippen molar-refractivity contribution in [2.45, 2.75) is 110 Å². The zero-order valence-corrected chi connectivity index (χ0v) is 13.9. The molecule has 0 atom stereocenters. The third kappa shape index (κ3) is 14.2. The zero-order valence-electron chi connectivity index (χ0n) is 13.9. The van der Waals surface area contributed by atoms with Gasteiger partial charge < -0.3 is 4.74 Å². The molecule has 1 heteroatoms. The minimum absolute atomic E-state index is 0.525. The van der Waals surface area contributed by atoms with E-state index < -0.39 is 0 Å². The Morgan fingerprint density at radius 3 is 1.32 bits per heavy atom. The van der Waals surface area contributed by atoms with Crippen molar-refractivity contribution in [1.29, 1.82) is 0 Å². The van der Waals surface area contributed by atoms with Gasteiger partial charge in [0.25, 0.3) is 0 Å². The summed E-state index contributed by atoms with van der Waals surface area (Å²) in [6.45, 7) is 4.56. The van der Waals surface area contributed by atoms with Crippen LogP contribution in [-0.4, -0.2) is 13.2 Å². The Labute approximate surface area is 122 Å². The average molecular weight is 271 g/mol. The van der Waals surface area contributed by atoms with Crippen molar-refractivity contribution in [3.63, 3.8) is 0 Å². The second-order valence-corrected chi connectivity index (χ2v) is 5.97. The number of ether oxygens (including phenoxy) is 1. The lowest BCUT2D eigenvalue weighted by Crippen LogP contribution is -2.10. The summed E-state index contributed by atoms with van der Waals surface area (Å²) in [6, 6.07) is 0. The van der Waals surface area contributed by atoms with Crippen LogP contribution in [0, 0.1) is 0 Å². The van der Waals surface area contributed by atoms with Gasteiger partial charge in [-0.25, -0.2) is 0 Å². The summed E-state index contributed by atoms with van der Waals surface area (Å²) < 4.78 is 5.61. The predicted molar refractivity (Wildman–Crippen MR) is 86.8 cm³/mol. The summed E-state index contributed by atoms with van der Waals surface area (Å²) in [5.74, 6) is 0. The van der Waals surface area contributed by atoms with E-state index in [2.05, 4.69) is 13.8 Å². The van der Waals surface area contributed by atoms with Crippen molar-refractivity contribution < 1.29 is 4.74 Å². The molecule has 1 nitrogen and oxygen atoms in total. The molecule has 0 saturated heterocycles. The molecular formula is C18H38O. The summed E-state index contributed by atoms with van der Waals surface area (Å²) >= 11 is 0. The molecule has 0 fully saturated rings. The van der Waals surface area contributed by atoms with Crippen molar-refractivity contribution in [2.24, 2.45) is 0 Å². The molecule has 116 valence electrons. The lowest BCUT2D eigenvalue weighted by molar-refractivity contribution is 0.0831. The Hall–Kier alpha value is -0.0400. The van der Waals surface area contributed by atoms with E-state index in [0.29, 0.717) is 6.10 Å². The van der Waals surface area contributed by atoms with Gasteiger partial charge in [-0.1, -0.05) is 90.9 Å². The monoisotopic (exact) mass is 270 g/mol. The van der Waals surface area contributed by atoms with Crippen LogP contribution in [0.4, 0.5) is 0 Å². The van der Waals surface area contributed by atoms with Crippen LogP contribution in [-0.2, 0) is 4.74 Å². The van der Waals surface area contributed by atoms with Crippen LogP contribution in [0.2, 0.25) is 0 Å². The number of methoxy groups -OCH3 is 1. The standard InChI is InChI=1S/C18H38O/c1-4-6-8-10-12-14-16-18(19-3)17-15-13-11-9-7-5-2/h18H,4-17H2,1-3H3. The molecular weight excluding hydrogens is 232 g/mol. The van der Waals surface area contributed by atoms with Crippen molar-refractivity contribution in [2.75, 3.05) is 7.11 Å². The average Bonchev–Trinajstić information content (AvgIpc) is 2.44. The van der Waals surface area contributed by atoms with Gasteiger partial charge in [-0.05, 0) is 12.8 Å². The maximum absolute atomic E-state index is 5.61. The molecule has 0 N–H and O–H groups in total. The summed E-state index contributed by atoms with van der Waals surface area (Å²) in [6.07, 6.45) is 19.8. The Morgan fingerprint density at radius 2 is 0.947 bits per heavy atom. The second-order valence-electron chi connectivity index (χ2n) is 5.97. The fraction of sp³-hybridized carbons (Fsp3) is 1.00. The van der Waals surface area contributed by atoms with E-state index in [-0.39, 0.29) is 0 Å². The molecule has 0 aliphatic heterocycles. The summed E-state index contributed by atoms with van der Waals surface area (Å²) in [5.41, 5.74) is 0. The highest BCUT2D eigenvalue weighted by Gasteiger charge is 2.06. The van der Waals surface area contributed by atoms with Gasteiger partial charge in [0.15, 0.2) is 0 Å². The summed E-state index contributed by atoms with van der Waals surface area (Å²) in [5, 5.41) is 0. The van der Waals surface area contributed by atoms with Crippen LogP contribution in [0.3, 0.4) is 0 Å². The first kappa shape index (κ1) is 19.0. The molecule has 0 aliphatic rings. The molecule has 0 bridgehead atoms. The highest BCUT2D eigenvalue weighted by Crippen LogP contribution is 2.15. The maximum Gasteiger partial charge on any atom is 0.0571 e. The van der Waals surface area contributed by atoms with Gasteiger partial charge in [-0.2, -0.15) is 0 Å². The van der Waals surface area contributed by atoms with Crippen LogP contribution >= 0.6 is 0 Å². The second kappa shape index (κ2) is 16.0. The van der Waals surface area contributed by atoms with E-state index in [0.717, 1.165) is 0 Å². The fourth-order valence-corrected chi connectivity index (χ4v) is 2.68. The minimum Gasteiger partial charge on any atom is -0.381 e. The number of rotatable bonds is 15. The predicted octanol–water partition coefficient (Wildman–Crippen LogP) is 6.50. The third-order valence-electron chi connectivity index (χ3n) is 4.09. The van der Waals surface area contributed by atoms with Crippen molar-refractivity contribution in [3.8, 4) is 0 Å². The van der Waals surface area contributed by atoms with E-state index >= 15 is 0 Å². The largest absolute Gasteiger partial charge is 0.381 e. The van der Waals surface area contributed by atoms with Crippen LogP contribution in [0.25, 0.3) is 0 Å². The summed E-state index contributed by atoms with van der Waals surface area (Å²) in [7, 11) is 1.89. The van der Waals surface area contributed by atoms with E-state index in [9.17, 15) is 0 Å². The molecule has 0 aromatic heterocycles. The van der Waals surface area contributed by atoms with E-state index in [1.165, 1.54) is 89.9 Å². The Bertz CT molecular complexity index is 140. The first-order valence-corrected chi connectivity index (χ1v) is 8.87. The Kier molecular flexibility index (Phi) is 16.0. The van der Waals surface area contributed by atoms with Gasteiger partial charge in [0.1, 0.15) is 0 Å². The summed E-state index contributed by atoms with van der Waals surface area (Å²) in [4.78, 5) is 0. The van der Waals surface area contributed by atoms with Crippen LogP contribution in [0.1, 0.15) is 104 Å². The van der Waals surface area contributed by atoms with Crippen molar-refractivity contribution >= 4 is 0 Å². The van der Waals surface area contributed by atoms with E-state index in [1.807, 2.05) is 7.11 Å². The van der Waals surface area contributed by atoms with Crippen LogP contribution in [0.15, 0.2) is 0 Å². The first-order valence-electron chi connectivity index (χ1n) is 8.87. The number of hydrogen-bond donors (Lipinski definition) is 0. The lowest BCUT2D eigenvalue weighted by atomic mass is 10.0. The van der Waals surface area contributed by atoms with Crippen LogP contribution in [0.5, 0.6) is 0 Å². The normalized spacial score (nSPS) is 11.4. The minimum atomic E-state index is 0.525. The molecule has 0 aliphatic carbocycles. The van der Waals surface area contributed by atoms with Gasteiger partial charge in [0.05, 0.1) is 6.10 Å². The van der Waals surface area contributed by atoms with Gasteiger partial charge in [-0.15, -0.1) is 0 Å². The molecule has 0 radical (unpaired) electrons. The van der Waals surface area contributed by atoms with Gasteiger partial charge in [0.2, 0.25) is 0 Å². The topological polar surface area (TPSA) is 9.23 Å². The smallest absolute Gasteiger partial charge is 0.0571 e. The van der Waals surface area contributed by atoms with E-state index in [1.54, 1.807) is 0 Å². The van der Waals surface area contributed by atoms with Gasteiger partial charge in [0, 0.05) is 7.11 Å². The molecule has 0 heterocycles. The fourth-order valence-electron chi connectivity index (χ4n) is 2.68. The molecule has 0 aromatic rings. The Balaban J connectivity index is 3.30. The molecule has 19 heavy (non-hydrogen) atoms. The molecule has 0 aromatic carbocycles. The van der Waals surface area contributed by atoms with Gasteiger partial charge >= 0.3 is 0 Å². The molecule has 0 amide bonds. The van der Waals surface area contributed by atoms with Crippen molar-refractivity contribution in [1.82, 2.24) is 0 Å². The SMILES string of the molecule is CCCCCCCCC(CCCCCCCC)OC. The lowest BCUT2D eigenvalue weighted by Gasteiger charge is -2.15. The highest BCUT2D eigenvalue weighted by atomic mass is 16.5. The Morgan fingerprint density at radius 1 is 0.579 bits per heavy atom. The molecule has 0 rings (SSSR count). The number of hydrogen-bond acceptors (Lipinski definition) is 1. The number of unbranched alkanes of at least 4 members (excludes halogenated alkanes) is 10. The molecule has 0 saturated carbocycles. The maximum atomic E-state index is 5.61. The molecule has 0 spiro atoms. The quantitative estimate of drug-likeness (QED) is 0.308. The zero-order chi connectivity index (χ0) is 14.2. The van der Waals surface area contributed by atoms with Gasteiger partial charge in [-0.3, -0.25) is 0 Å².